The maximum atomic E-state index is 11.0. The number of hydrogen-bond donors (Lipinski definition) is 1. The average molecular weight is 223 g/mol. The molecule has 0 fully saturated rings. The van der Waals surface area contributed by atoms with Crippen molar-refractivity contribution in [2.45, 2.75) is 6.92 Å². The molecular formula is C11H13NO4. The number of methoxy groups -OCH3 is 2. The number of ether oxygens (including phenoxy) is 2. The Morgan fingerprint density at radius 2 is 1.88 bits per heavy atom. The predicted molar refractivity (Wildman–Crippen MR) is 59.0 cm³/mol. The smallest absolute Gasteiger partial charge is 0.288 e. The molecule has 1 amide bonds. The summed E-state index contributed by atoms with van der Waals surface area (Å²) in [6.45, 7) is 1.85. The zero-order valence-electron chi connectivity index (χ0n) is 9.37. The van der Waals surface area contributed by atoms with Crippen LogP contribution in [0.5, 0.6) is 11.5 Å². The van der Waals surface area contributed by atoms with E-state index in [0.717, 1.165) is 5.56 Å². The molecule has 0 unspecified atom stereocenters. The summed E-state index contributed by atoms with van der Waals surface area (Å²) in [5.41, 5.74) is 1.28. The van der Waals surface area contributed by atoms with E-state index < -0.39 is 5.91 Å². The standard InChI is InChI=1S/C11H13NO4/c1-7-4-10(16-3)8(5-9(7)15-2)12-11(14)6-13/h4-6H,1-3H3,(H,12,14). The van der Waals surface area contributed by atoms with E-state index in [2.05, 4.69) is 5.32 Å². The minimum Gasteiger partial charge on any atom is -0.496 e. The molecule has 0 saturated carbocycles. The number of nitrogens with one attached hydrogen (secondary N) is 1. The van der Waals surface area contributed by atoms with Gasteiger partial charge in [-0.15, -0.1) is 0 Å². The molecular weight excluding hydrogens is 210 g/mol. The van der Waals surface area contributed by atoms with Gasteiger partial charge >= 0.3 is 0 Å². The van der Waals surface area contributed by atoms with Gasteiger partial charge in [-0.3, -0.25) is 9.59 Å². The molecule has 1 rings (SSSR count). The lowest BCUT2D eigenvalue weighted by molar-refractivity contribution is -0.127. The molecule has 0 spiro atoms. The SMILES string of the molecule is COc1cc(NC(=O)C=O)c(OC)cc1C. The van der Waals surface area contributed by atoms with Crippen LogP contribution in [0.1, 0.15) is 5.56 Å². The zero-order valence-corrected chi connectivity index (χ0v) is 9.37. The summed E-state index contributed by atoms with van der Waals surface area (Å²) in [7, 11) is 3.01. The first-order chi connectivity index (χ1) is 7.62. The Kier molecular flexibility index (Phi) is 3.88. The van der Waals surface area contributed by atoms with Crippen LogP contribution < -0.4 is 14.8 Å². The predicted octanol–water partition coefficient (Wildman–Crippen LogP) is 1.15. The van der Waals surface area contributed by atoms with Crippen LogP contribution >= 0.6 is 0 Å². The Morgan fingerprint density at radius 1 is 1.25 bits per heavy atom. The minimum atomic E-state index is -0.732. The van der Waals surface area contributed by atoms with Crippen molar-refractivity contribution in [3.8, 4) is 11.5 Å². The molecule has 0 saturated heterocycles. The summed E-state index contributed by atoms with van der Waals surface area (Å²) in [5.74, 6) is 0.361. The summed E-state index contributed by atoms with van der Waals surface area (Å²) in [6.07, 6.45) is 0.200. The van der Waals surface area contributed by atoms with Gasteiger partial charge < -0.3 is 14.8 Å². The fraction of sp³-hybridized carbons (Fsp3) is 0.273. The molecule has 0 radical (unpaired) electrons. The average Bonchev–Trinajstić information content (AvgIpc) is 2.30. The number of rotatable bonds is 4. The van der Waals surface area contributed by atoms with Gasteiger partial charge in [0.2, 0.25) is 6.29 Å². The lowest BCUT2D eigenvalue weighted by atomic mass is 10.2. The van der Waals surface area contributed by atoms with Crippen molar-refractivity contribution < 1.29 is 19.1 Å². The van der Waals surface area contributed by atoms with E-state index in [1.54, 1.807) is 12.1 Å². The fourth-order valence-electron chi connectivity index (χ4n) is 1.31. The van der Waals surface area contributed by atoms with Gasteiger partial charge in [0, 0.05) is 6.07 Å². The van der Waals surface area contributed by atoms with Crippen LogP contribution in [0.2, 0.25) is 0 Å². The topological polar surface area (TPSA) is 64.6 Å². The van der Waals surface area contributed by atoms with Crippen molar-refractivity contribution in [3.05, 3.63) is 17.7 Å². The molecule has 1 aromatic rings. The number of benzene rings is 1. The van der Waals surface area contributed by atoms with Crippen molar-refractivity contribution >= 4 is 17.9 Å². The zero-order chi connectivity index (χ0) is 12.1. The van der Waals surface area contributed by atoms with Crippen LogP contribution in [0.4, 0.5) is 5.69 Å². The molecule has 0 aromatic heterocycles. The van der Waals surface area contributed by atoms with Crippen LogP contribution in [0, 0.1) is 6.92 Å². The molecule has 0 atom stereocenters. The summed E-state index contributed by atoms with van der Waals surface area (Å²) in [6, 6.07) is 3.33. The molecule has 5 heteroatoms. The third-order valence-electron chi connectivity index (χ3n) is 2.08. The normalized spacial score (nSPS) is 9.44. The monoisotopic (exact) mass is 223 g/mol. The van der Waals surface area contributed by atoms with Gasteiger partial charge in [-0.05, 0) is 18.6 Å². The van der Waals surface area contributed by atoms with Crippen LogP contribution in [0.15, 0.2) is 12.1 Å². The molecule has 0 aliphatic rings. The molecule has 1 N–H and O–H groups in total. The maximum absolute atomic E-state index is 11.0. The third-order valence-corrected chi connectivity index (χ3v) is 2.08. The van der Waals surface area contributed by atoms with Crippen LogP contribution in [0.25, 0.3) is 0 Å². The van der Waals surface area contributed by atoms with Gasteiger partial charge in [-0.25, -0.2) is 0 Å². The van der Waals surface area contributed by atoms with E-state index in [9.17, 15) is 9.59 Å². The maximum Gasteiger partial charge on any atom is 0.288 e. The van der Waals surface area contributed by atoms with Crippen molar-refractivity contribution in [1.82, 2.24) is 0 Å². The van der Waals surface area contributed by atoms with Gasteiger partial charge in [0.25, 0.3) is 5.91 Å². The van der Waals surface area contributed by atoms with Crippen molar-refractivity contribution in [2.24, 2.45) is 0 Å². The first kappa shape index (κ1) is 12.0. The Hall–Kier alpha value is -2.04. The summed E-state index contributed by atoms with van der Waals surface area (Å²) in [4.78, 5) is 21.2. The quantitative estimate of drug-likeness (QED) is 0.614. The van der Waals surface area contributed by atoms with E-state index in [0.29, 0.717) is 17.2 Å². The second-order valence-corrected chi connectivity index (χ2v) is 3.13. The Labute approximate surface area is 93.4 Å². The van der Waals surface area contributed by atoms with Crippen LogP contribution in [-0.2, 0) is 9.59 Å². The minimum absolute atomic E-state index is 0.200. The highest BCUT2D eigenvalue weighted by atomic mass is 16.5. The van der Waals surface area contributed by atoms with E-state index in [1.807, 2.05) is 6.92 Å². The van der Waals surface area contributed by atoms with Gasteiger partial charge in [0.15, 0.2) is 0 Å². The highest BCUT2D eigenvalue weighted by Gasteiger charge is 2.10. The summed E-state index contributed by atoms with van der Waals surface area (Å²) >= 11 is 0. The van der Waals surface area contributed by atoms with Gasteiger partial charge in [-0.1, -0.05) is 0 Å². The number of anilines is 1. The molecule has 16 heavy (non-hydrogen) atoms. The molecule has 0 aliphatic carbocycles. The Balaban J connectivity index is 3.14. The van der Waals surface area contributed by atoms with Crippen molar-refractivity contribution in [2.75, 3.05) is 19.5 Å². The molecule has 0 heterocycles. The third kappa shape index (κ3) is 2.50. The van der Waals surface area contributed by atoms with Crippen LogP contribution in [0.3, 0.4) is 0 Å². The molecule has 0 aliphatic heterocycles. The molecule has 1 aromatic carbocycles. The van der Waals surface area contributed by atoms with E-state index in [1.165, 1.54) is 14.2 Å². The summed E-state index contributed by atoms with van der Waals surface area (Å²) < 4.78 is 10.2. The number of carbonyl (C=O) groups is 2. The largest absolute Gasteiger partial charge is 0.496 e. The second kappa shape index (κ2) is 5.16. The summed E-state index contributed by atoms with van der Waals surface area (Å²) in [5, 5.41) is 2.40. The van der Waals surface area contributed by atoms with Gasteiger partial charge in [0.05, 0.1) is 19.9 Å². The van der Waals surface area contributed by atoms with Gasteiger partial charge in [-0.2, -0.15) is 0 Å². The first-order valence-corrected chi connectivity index (χ1v) is 4.61. The number of aldehydes is 1. The molecule has 0 bridgehead atoms. The van der Waals surface area contributed by atoms with Gasteiger partial charge in [0.1, 0.15) is 11.5 Å². The number of aryl methyl sites for hydroxylation is 1. The number of carbonyl (C=O) groups excluding carboxylic acids is 2. The van der Waals surface area contributed by atoms with Crippen molar-refractivity contribution in [3.63, 3.8) is 0 Å². The van der Waals surface area contributed by atoms with E-state index in [-0.39, 0.29) is 6.29 Å². The number of hydrogen-bond acceptors (Lipinski definition) is 4. The lowest BCUT2D eigenvalue weighted by Gasteiger charge is -2.12. The molecule has 5 nitrogen and oxygen atoms in total. The van der Waals surface area contributed by atoms with Crippen LogP contribution in [-0.4, -0.2) is 26.4 Å². The van der Waals surface area contributed by atoms with E-state index >= 15 is 0 Å². The molecule has 86 valence electrons. The fourth-order valence-corrected chi connectivity index (χ4v) is 1.31. The first-order valence-electron chi connectivity index (χ1n) is 4.61. The van der Waals surface area contributed by atoms with E-state index in [4.69, 9.17) is 9.47 Å². The van der Waals surface area contributed by atoms with Crippen molar-refractivity contribution in [1.29, 1.82) is 0 Å². The Morgan fingerprint density at radius 3 is 2.38 bits per heavy atom. The second-order valence-electron chi connectivity index (χ2n) is 3.13. The highest BCUT2D eigenvalue weighted by molar-refractivity contribution is 6.29. The number of amides is 1. The lowest BCUT2D eigenvalue weighted by Crippen LogP contribution is -2.13. The Bertz CT molecular complexity index is 415. The highest BCUT2D eigenvalue weighted by Crippen LogP contribution is 2.32.